The number of hydrogen-bond acceptors (Lipinski definition) is 4. The molecule has 3 nitrogen and oxygen atoms in total. The van der Waals surface area contributed by atoms with Crippen LogP contribution < -0.4 is 10.5 Å². The number of aromatic nitrogens is 1. The highest BCUT2D eigenvalue weighted by Crippen LogP contribution is 2.31. The van der Waals surface area contributed by atoms with E-state index >= 15 is 0 Å². The molecule has 2 N–H and O–H groups in total. The van der Waals surface area contributed by atoms with Crippen molar-refractivity contribution in [1.29, 1.82) is 0 Å². The van der Waals surface area contributed by atoms with Gasteiger partial charge in [-0.1, -0.05) is 18.2 Å². The fourth-order valence-electron chi connectivity index (χ4n) is 1.63. The van der Waals surface area contributed by atoms with Crippen molar-refractivity contribution < 1.29 is 4.74 Å². The van der Waals surface area contributed by atoms with E-state index in [9.17, 15) is 0 Å². The maximum atomic E-state index is 5.73. The topological polar surface area (TPSA) is 48.1 Å². The summed E-state index contributed by atoms with van der Waals surface area (Å²) in [5.74, 6) is 1.34. The normalized spacial score (nSPS) is 10.6. The van der Waals surface area contributed by atoms with E-state index < -0.39 is 0 Å². The van der Waals surface area contributed by atoms with Crippen LogP contribution in [0, 0.1) is 0 Å². The monoisotopic (exact) mass is 242 g/mol. The number of benzene rings is 2. The standard InChI is InChI=1S/C13H10N2OS/c14-9-4-3-5-10(8-9)16-13-11-6-1-2-7-12(11)17-15-13/h1-8H,14H2. The average molecular weight is 242 g/mol. The van der Waals surface area contributed by atoms with Gasteiger partial charge < -0.3 is 10.5 Å². The molecule has 4 heteroatoms. The lowest BCUT2D eigenvalue weighted by atomic mass is 10.3. The molecule has 2 aromatic carbocycles. The highest BCUT2D eigenvalue weighted by atomic mass is 32.1. The minimum Gasteiger partial charge on any atom is -0.437 e. The summed E-state index contributed by atoms with van der Waals surface area (Å²) in [6, 6.07) is 15.3. The highest BCUT2D eigenvalue weighted by molar-refractivity contribution is 7.13. The third-order valence-electron chi connectivity index (χ3n) is 2.42. The van der Waals surface area contributed by atoms with Crippen LogP contribution in [-0.2, 0) is 0 Å². The molecular weight excluding hydrogens is 232 g/mol. The van der Waals surface area contributed by atoms with Gasteiger partial charge in [0, 0.05) is 11.8 Å². The molecule has 0 aliphatic rings. The lowest BCUT2D eigenvalue weighted by Crippen LogP contribution is -1.87. The van der Waals surface area contributed by atoms with Gasteiger partial charge in [-0.3, -0.25) is 0 Å². The fourth-order valence-corrected chi connectivity index (χ4v) is 2.34. The highest BCUT2D eigenvalue weighted by Gasteiger charge is 2.07. The van der Waals surface area contributed by atoms with Gasteiger partial charge in [-0.2, -0.15) is 4.37 Å². The summed E-state index contributed by atoms with van der Waals surface area (Å²) in [6.45, 7) is 0. The van der Waals surface area contributed by atoms with E-state index in [4.69, 9.17) is 10.5 Å². The number of fused-ring (bicyclic) bond motifs is 1. The van der Waals surface area contributed by atoms with Crippen LogP contribution in [0.2, 0.25) is 0 Å². The second kappa shape index (κ2) is 4.07. The predicted octanol–water partition coefficient (Wildman–Crippen LogP) is 3.67. The first-order chi connectivity index (χ1) is 8.33. The van der Waals surface area contributed by atoms with Crippen LogP contribution in [0.3, 0.4) is 0 Å². The summed E-state index contributed by atoms with van der Waals surface area (Å²) >= 11 is 1.43. The first-order valence-electron chi connectivity index (χ1n) is 5.21. The van der Waals surface area contributed by atoms with E-state index in [1.54, 1.807) is 6.07 Å². The Morgan fingerprint density at radius 1 is 1.06 bits per heavy atom. The van der Waals surface area contributed by atoms with Crippen molar-refractivity contribution in [3.63, 3.8) is 0 Å². The summed E-state index contributed by atoms with van der Waals surface area (Å²) in [5.41, 5.74) is 6.38. The quantitative estimate of drug-likeness (QED) is 0.697. The van der Waals surface area contributed by atoms with Crippen LogP contribution >= 0.6 is 11.5 Å². The van der Waals surface area contributed by atoms with Crippen molar-refractivity contribution in [3.05, 3.63) is 48.5 Å². The first-order valence-corrected chi connectivity index (χ1v) is 5.98. The summed E-state index contributed by atoms with van der Waals surface area (Å²) in [4.78, 5) is 0. The minimum atomic E-state index is 0.635. The Labute approximate surface area is 103 Å². The molecular formula is C13H10N2OS. The molecule has 0 atom stereocenters. The van der Waals surface area contributed by atoms with Crippen molar-refractivity contribution in [2.24, 2.45) is 0 Å². The summed E-state index contributed by atoms with van der Waals surface area (Å²) in [5, 5.41) is 1.03. The van der Waals surface area contributed by atoms with Gasteiger partial charge in [0.05, 0.1) is 10.1 Å². The molecule has 0 saturated carbocycles. The number of ether oxygens (including phenoxy) is 1. The van der Waals surface area contributed by atoms with Crippen LogP contribution in [0.15, 0.2) is 48.5 Å². The van der Waals surface area contributed by atoms with Crippen molar-refractivity contribution in [2.45, 2.75) is 0 Å². The second-order valence-electron chi connectivity index (χ2n) is 3.66. The predicted molar refractivity (Wildman–Crippen MR) is 70.5 cm³/mol. The third-order valence-corrected chi connectivity index (χ3v) is 3.23. The van der Waals surface area contributed by atoms with Gasteiger partial charge in [0.2, 0.25) is 5.88 Å². The zero-order chi connectivity index (χ0) is 11.7. The summed E-state index contributed by atoms with van der Waals surface area (Å²) < 4.78 is 11.1. The van der Waals surface area contributed by atoms with Crippen molar-refractivity contribution in [1.82, 2.24) is 4.37 Å². The Bertz CT molecular complexity index is 663. The Morgan fingerprint density at radius 2 is 1.94 bits per heavy atom. The van der Waals surface area contributed by atoms with E-state index in [1.807, 2.05) is 42.5 Å². The smallest absolute Gasteiger partial charge is 0.238 e. The Morgan fingerprint density at radius 3 is 2.82 bits per heavy atom. The number of rotatable bonds is 2. The molecule has 1 aromatic heterocycles. The van der Waals surface area contributed by atoms with Gasteiger partial charge in [-0.15, -0.1) is 0 Å². The van der Waals surface area contributed by atoms with Crippen LogP contribution in [0.5, 0.6) is 11.6 Å². The molecule has 3 rings (SSSR count). The Kier molecular flexibility index (Phi) is 2.42. The van der Waals surface area contributed by atoms with E-state index in [-0.39, 0.29) is 0 Å². The summed E-state index contributed by atoms with van der Waals surface area (Å²) in [6.07, 6.45) is 0. The molecule has 0 aliphatic heterocycles. The van der Waals surface area contributed by atoms with Gasteiger partial charge in [0.1, 0.15) is 5.75 Å². The second-order valence-corrected chi connectivity index (χ2v) is 4.46. The van der Waals surface area contributed by atoms with Gasteiger partial charge in [0.15, 0.2) is 0 Å². The molecule has 17 heavy (non-hydrogen) atoms. The molecule has 0 radical (unpaired) electrons. The van der Waals surface area contributed by atoms with E-state index in [2.05, 4.69) is 4.37 Å². The zero-order valence-corrected chi connectivity index (χ0v) is 9.78. The van der Waals surface area contributed by atoms with E-state index in [0.717, 1.165) is 10.1 Å². The maximum absolute atomic E-state index is 5.73. The maximum Gasteiger partial charge on any atom is 0.238 e. The number of nitrogens with zero attached hydrogens (tertiary/aromatic N) is 1. The third kappa shape index (κ3) is 1.94. The van der Waals surface area contributed by atoms with Crippen LogP contribution in [-0.4, -0.2) is 4.37 Å². The molecule has 0 aliphatic carbocycles. The van der Waals surface area contributed by atoms with Gasteiger partial charge >= 0.3 is 0 Å². The first kappa shape index (κ1) is 10.1. The van der Waals surface area contributed by atoms with Gasteiger partial charge in [-0.05, 0) is 35.8 Å². The Hall–Kier alpha value is -2.07. The van der Waals surface area contributed by atoms with Gasteiger partial charge in [0.25, 0.3) is 0 Å². The largest absolute Gasteiger partial charge is 0.437 e. The summed E-state index contributed by atoms with van der Waals surface area (Å²) in [7, 11) is 0. The number of nitrogen functional groups attached to an aromatic ring is 1. The number of nitrogens with two attached hydrogens (primary N) is 1. The molecule has 3 aromatic rings. The van der Waals surface area contributed by atoms with Gasteiger partial charge in [-0.25, -0.2) is 0 Å². The molecule has 0 spiro atoms. The van der Waals surface area contributed by atoms with Crippen molar-refractivity contribution in [3.8, 4) is 11.6 Å². The zero-order valence-electron chi connectivity index (χ0n) is 8.96. The van der Waals surface area contributed by atoms with E-state index in [1.165, 1.54) is 11.5 Å². The SMILES string of the molecule is Nc1cccc(Oc2nsc3ccccc23)c1. The molecule has 0 bridgehead atoms. The lowest BCUT2D eigenvalue weighted by molar-refractivity contribution is 0.474. The molecule has 0 saturated heterocycles. The molecule has 0 unspecified atom stereocenters. The lowest BCUT2D eigenvalue weighted by Gasteiger charge is -2.03. The van der Waals surface area contributed by atoms with Crippen molar-refractivity contribution >= 4 is 27.3 Å². The van der Waals surface area contributed by atoms with Crippen LogP contribution in [0.25, 0.3) is 10.1 Å². The molecule has 84 valence electrons. The average Bonchev–Trinajstić information content (AvgIpc) is 2.73. The Balaban J connectivity index is 2.00. The van der Waals surface area contributed by atoms with E-state index in [0.29, 0.717) is 17.3 Å². The fraction of sp³-hybridized carbons (Fsp3) is 0. The van der Waals surface area contributed by atoms with Crippen molar-refractivity contribution in [2.75, 3.05) is 5.73 Å². The number of anilines is 1. The van der Waals surface area contributed by atoms with Crippen LogP contribution in [0.1, 0.15) is 0 Å². The number of hydrogen-bond donors (Lipinski definition) is 1. The van der Waals surface area contributed by atoms with Crippen LogP contribution in [0.4, 0.5) is 5.69 Å². The minimum absolute atomic E-state index is 0.635. The molecule has 1 heterocycles. The molecule has 0 amide bonds. The molecule has 0 fully saturated rings.